The van der Waals surface area contributed by atoms with Crippen LogP contribution in [0.4, 0.5) is 11.6 Å². The molecule has 0 bridgehead atoms. The lowest BCUT2D eigenvalue weighted by Crippen LogP contribution is -2.25. The summed E-state index contributed by atoms with van der Waals surface area (Å²) < 4.78 is 0. The van der Waals surface area contributed by atoms with E-state index in [1.54, 1.807) is 0 Å². The van der Waals surface area contributed by atoms with Crippen molar-refractivity contribution in [3.63, 3.8) is 0 Å². The van der Waals surface area contributed by atoms with Gasteiger partial charge in [-0.2, -0.15) is 0 Å². The van der Waals surface area contributed by atoms with E-state index in [2.05, 4.69) is 35.8 Å². The Hall–Kier alpha value is -1.36. The maximum absolute atomic E-state index is 9.00. The number of likely N-dealkylation sites (N-methyl/N-ethyl adjacent to an activating group) is 1. The van der Waals surface area contributed by atoms with Gasteiger partial charge in [0.15, 0.2) is 0 Å². The molecule has 1 aromatic heterocycles. The van der Waals surface area contributed by atoms with Crippen molar-refractivity contribution in [2.24, 2.45) is 5.92 Å². The molecule has 0 amide bonds. The van der Waals surface area contributed by atoms with Crippen LogP contribution in [-0.2, 0) is 0 Å². The van der Waals surface area contributed by atoms with Gasteiger partial charge >= 0.3 is 0 Å². The molecule has 5 nitrogen and oxygen atoms in total. The van der Waals surface area contributed by atoms with E-state index in [4.69, 9.17) is 5.11 Å². The molecule has 0 saturated heterocycles. The Bertz CT molecular complexity index is 395. The number of aliphatic hydroxyl groups excluding tert-OH is 1. The summed E-state index contributed by atoms with van der Waals surface area (Å²) in [6.45, 7) is 8.02. The van der Waals surface area contributed by atoms with Gasteiger partial charge in [0.05, 0.1) is 6.61 Å². The van der Waals surface area contributed by atoms with Gasteiger partial charge in [0.25, 0.3) is 0 Å². The molecule has 0 aromatic carbocycles. The van der Waals surface area contributed by atoms with Crippen LogP contribution in [-0.4, -0.2) is 48.9 Å². The number of aryl methyl sites for hydroxylation is 1. The predicted molar refractivity (Wildman–Crippen MR) is 79.8 cm³/mol. The summed E-state index contributed by atoms with van der Waals surface area (Å²) in [5.74, 6) is 3.23. The second-order valence-corrected chi connectivity index (χ2v) is 5.38. The average molecular weight is 266 g/mol. The molecule has 1 N–H and O–H groups in total. The summed E-state index contributed by atoms with van der Waals surface area (Å²) >= 11 is 0. The summed E-state index contributed by atoms with van der Waals surface area (Å²) in [5, 5.41) is 9.00. The zero-order valence-corrected chi connectivity index (χ0v) is 12.7. The summed E-state index contributed by atoms with van der Waals surface area (Å²) in [6.07, 6.45) is 1.14. The lowest BCUT2D eigenvalue weighted by atomic mass is 10.1. The molecule has 108 valence electrons. The van der Waals surface area contributed by atoms with Crippen molar-refractivity contribution in [2.45, 2.75) is 27.2 Å². The molecule has 0 unspecified atom stereocenters. The Labute approximate surface area is 116 Å². The molecule has 1 aromatic rings. The van der Waals surface area contributed by atoms with E-state index >= 15 is 0 Å². The molecule has 0 fully saturated rings. The number of aromatic nitrogens is 2. The highest BCUT2D eigenvalue weighted by molar-refractivity contribution is 5.50. The first-order valence-electron chi connectivity index (χ1n) is 6.83. The van der Waals surface area contributed by atoms with E-state index in [-0.39, 0.29) is 6.61 Å². The van der Waals surface area contributed by atoms with E-state index in [1.807, 2.05) is 24.9 Å². The number of anilines is 2. The minimum atomic E-state index is 0.123. The molecule has 1 rings (SSSR count). The van der Waals surface area contributed by atoms with Crippen molar-refractivity contribution >= 4 is 11.6 Å². The van der Waals surface area contributed by atoms with E-state index in [0.29, 0.717) is 12.5 Å². The molecule has 0 aliphatic heterocycles. The van der Waals surface area contributed by atoms with Crippen LogP contribution >= 0.6 is 0 Å². The average Bonchev–Trinajstić information content (AvgIpc) is 2.35. The van der Waals surface area contributed by atoms with E-state index in [0.717, 1.165) is 30.4 Å². The molecule has 0 spiro atoms. The first-order valence-corrected chi connectivity index (χ1v) is 6.83. The highest BCUT2D eigenvalue weighted by Gasteiger charge is 2.09. The van der Waals surface area contributed by atoms with E-state index < -0.39 is 0 Å². The predicted octanol–water partition coefficient (Wildman–Crippen LogP) is 1.70. The topological polar surface area (TPSA) is 52.5 Å². The van der Waals surface area contributed by atoms with E-state index in [1.165, 1.54) is 0 Å². The number of hydrogen-bond acceptors (Lipinski definition) is 5. The van der Waals surface area contributed by atoms with Gasteiger partial charge in [0, 0.05) is 33.3 Å². The zero-order chi connectivity index (χ0) is 14.4. The Morgan fingerprint density at radius 3 is 2.11 bits per heavy atom. The summed E-state index contributed by atoms with van der Waals surface area (Å²) in [4.78, 5) is 13.0. The fourth-order valence-electron chi connectivity index (χ4n) is 1.76. The van der Waals surface area contributed by atoms with Crippen molar-refractivity contribution in [3.8, 4) is 0 Å². The lowest BCUT2D eigenvalue weighted by Gasteiger charge is -2.22. The zero-order valence-electron chi connectivity index (χ0n) is 12.7. The quantitative estimate of drug-likeness (QED) is 0.814. The van der Waals surface area contributed by atoms with Gasteiger partial charge < -0.3 is 14.9 Å². The number of rotatable bonds is 7. The second-order valence-electron chi connectivity index (χ2n) is 5.38. The summed E-state index contributed by atoms with van der Waals surface area (Å²) in [6, 6.07) is 1.98. The first kappa shape index (κ1) is 15.7. The third-order valence-corrected chi connectivity index (χ3v) is 3.07. The Kier molecular flexibility index (Phi) is 6.02. The fraction of sp³-hybridized carbons (Fsp3) is 0.714. The van der Waals surface area contributed by atoms with Crippen molar-refractivity contribution in [1.29, 1.82) is 0 Å². The third kappa shape index (κ3) is 5.03. The van der Waals surface area contributed by atoms with E-state index in [9.17, 15) is 0 Å². The van der Waals surface area contributed by atoms with Gasteiger partial charge in [-0.25, -0.2) is 9.97 Å². The van der Waals surface area contributed by atoms with Gasteiger partial charge in [-0.05, 0) is 19.3 Å². The van der Waals surface area contributed by atoms with Crippen molar-refractivity contribution in [1.82, 2.24) is 9.97 Å². The molecule has 0 radical (unpaired) electrons. The Morgan fingerprint density at radius 2 is 1.63 bits per heavy atom. The van der Waals surface area contributed by atoms with Gasteiger partial charge in [-0.1, -0.05) is 13.8 Å². The lowest BCUT2D eigenvalue weighted by molar-refractivity contribution is 0.304. The SMILES string of the molecule is Cc1nc(N(C)CCO)cc(N(C)CCC(C)C)n1. The molecular weight excluding hydrogens is 240 g/mol. The first-order chi connectivity index (χ1) is 8.93. The standard InChI is InChI=1S/C14H26N4O/c1-11(2)6-7-17(4)13-10-14(16-12(3)15-13)18(5)8-9-19/h10-11,19H,6-9H2,1-5H3. The minimum absolute atomic E-state index is 0.123. The fourth-order valence-corrected chi connectivity index (χ4v) is 1.76. The normalized spacial score (nSPS) is 10.9. The molecule has 0 atom stereocenters. The molecule has 0 aliphatic carbocycles. The Morgan fingerprint density at radius 1 is 1.11 bits per heavy atom. The molecule has 19 heavy (non-hydrogen) atoms. The van der Waals surface area contributed by atoms with Crippen molar-refractivity contribution in [2.75, 3.05) is 43.6 Å². The van der Waals surface area contributed by atoms with Crippen LogP contribution in [0, 0.1) is 12.8 Å². The summed E-state index contributed by atoms with van der Waals surface area (Å²) in [7, 11) is 3.98. The minimum Gasteiger partial charge on any atom is -0.395 e. The van der Waals surface area contributed by atoms with Crippen LogP contribution in [0.15, 0.2) is 6.07 Å². The number of nitrogens with zero attached hydrogens (tertiary/aromatic N) is 4. The largest absolute Gasteiger partial charge is 0.395 e. The van der Waals surface area contributed by atoms with Crippen LogP contribution in [0.25, 0.3) is 0 Å². The highest BCUT2D eigenvalue weighted by atomic mass is 16.3. The molecule has 0 aliphatic rings. The molecule has 0 saturated carbocycles. The van der Waals surface area contributed by atoms with Gasteiger partial charge in [-0.3, -0.25) is 0 Å². The smallest absolute Gasteiger partial charge is 0.134 e. The molecular formula is C14H26N4O. The Balaban J connectivity index is 2.83. The number of hydrogen-bond donors (Lipinski definition) is 1. The van der Waals surface area contributed by atoms with Gasteiger partial charge in [0.2, 0.25) is 0 Å². The van der Waals surface area contributed by atoms with Crippen LogP contribution in [0.5, 0.6) is 0 Å². The van der Waals surface area contributed by atoms with Gasteiger partial charge in [0.1, 0.15) is 17.5 Å². The summed E-state index contributed by atoms with van der Waals surface area (Å²) in [5.41, 5.74) is 0. The maximum atomic E-state index is 9.00. The van der Waals surface area contributed by atoms with Crippen LogP contribution < -0.4 is 9.80 Å². The van der Waals surface area contributed by atoms with Crippen LogP contribution in [0.3, 0.4) is 0 Å². The number of aliphatic hydroxyl groups is 1. The van der Waals surface area contributed by atoms with Crippen LogP contribution in [0.2, 0.25) is 0 Å². The maximum Gasteiger partial charge on any atom is 0.134 e. The van der Waals surface area contributed by atoms with Crippen molar-refractivity contribution < 1.29 is 5.11 Å². The molecule has 5 heteroatoms. The monoisotopic (exact) mass is 266 g/mol. The van der Waals surface area contributed by atoms with Crippen LogP contribution in [0.1, 0.15) is 26.1 Å². The third-order valence-electron chi connectivity index (χ3n) is 3.07. The van der Waals surface area contributed by atoms with Crippen molar-refractivity contribution in [3.05, 3.63) is 11.9 Å². The van der Waals surface area contributed by atoms with Gasteiger partial charge in [-0.15, -0.1) is 0 Å². The second kappa shape index (κ2) is 7.28. The molecule has 1 heterocycles. The highest BCUT2D eigenvalue weighted by Crippen LogP contribution is 2.18.